The number of nitrogens with zero attached hydrogens (tertiary/aromatic N) is 2. The fraction of sp³-hybridized carbons (Fsp3) is 0.412. The van der Waals surface area contributed by atoms with Gasteiger partial charge in [0.15, 0.2) is 0 Å². The summed E-state index contributed by atoms with van der Waals surface area (Å²) in [6, 6.07) is 8.56. The number of urea groups is 1. The van der Waals surface area contributed by atoms with Crippen LogP contribution in [-0.2, 0) is 13.0 Å². The number of rotatable bonds is 4. The van der Waals surface area contributed by atoms with Gasteiger partial charge in [-0.3, -0.25) is 0 Å². The van der Waals surface area contributed by atoms with Crippen LogP contribution < -0.4 is 5.32 Å². The first-order valence-electron chi connectivity index (χ1n) is 7.68. The largest absolute Gasteiger partial charge is 0.337 e. The normalized spacial score (nSPS) is 16.9. The number of fused-ring (bicyclic) bond motifs is 1. The van der Waals surface area contributed by atoms with Crippen LogP contribution in [0.5, 0.6) is 0 Å². The number of carbonyl (C=O) groups excluding carboxylic acids is 1. The molecule has 0 saturated heterocycles. The first-order chi connectivity index (χ1) is 10.7. The summed E-state index contributed by atoms with van der Waals surface area (Å²) in [6.07, 6.45) is 3.50. The standard InChI is InChI=1S/C17H21N3OS/c1-20(10-15-11-22-12-19-15)17(21)18-9-14-7-4-6-13-5-2-3-8-16(13)14/h2-3,5,8,11-12,14H,4,6-7,9-10H2,1H3,(H,18,21)/t14-/m1/s1. The molecule has 1 aliphatic carbocycles. The summed E-state index contributed by atoms with van der Waals surface area (Å²) in [6.45, 7) is 1.26. The number of aryl methyl sites for hydroxylation is 1. The summed E-state index contributed by atoms with van der Waals surface area (Å²) < 4.78 is 0. The highest BCUT2D eigenvalue weighted by Gasteiger charge is 2.20. The molecule has 0 saturated carbocycles. The Balaban J connectivity index is 1.55. The van der Waals surface area contributed by atoms with Crippen molar-refractivity contribution in [2.24, 2.45) is 0 Å². The third-order valence-electron chi connectivity index (χ3n) is 4.22. The van der Waals surface area contributed by atoms with E-state index in [0.29, 0.717) is 19.0 Å². The zero-order valence-corrected chi connectivity index (χ0v) is 13.6. The van der Waals surface area contributed by atoms with Crippen LogP contribution in [0.1, 0.15) is 35.6 Å². The van der Waals surface area contributed by atoms with Crippen molar-refractivity contribution in [3.63, 3.8) is 0 Å². The van der Waals surface area contributed by atoms with Gasteiger partial charge in [0.25, 0.3) is 0 Å². The first-order valence-corrected chi connectivity index (χ1v) is 8.62. The van der Waals surface area contributed by atoms with E-state index in [4.69, 9.17) is 0 Å². The van der Waals surface area contributed by atoms with Crippen LogP contribution in [-0.4, -0.2) is 29.5 Å². The molecule has 0 spiro atoms. The number of hydrogen-bond acceptors (Lipinski definition) is 3. The molecule has 0 bridgehead atoms. The van der Waals surface area contributed by atoms with E-state index >= 15 is 0 Å². The fourth-order valence-corrected chi connectivity index (χ4v) is 3.59. The van der Waals surface area contributed by atoms with Crippen molar-refractivity contribution in [3.05, 3.63) is 52.0 Å². The lowest BCUT2D eigenvalue weighted by Gasteiger charge is -2.26. The number of benzene rings is 1. The maximum atomic E-state index is 12.2. The molecular weight excluding hydrogens is 294 g/mol. The van der Waals surface area contributed by atoms with Gasteiger partial charge in [0, 0.05) is 24.9 Å². The van der Waals surface area contributed by atoms with Gasteiger partial charge < -0.3 is 10.2 Å². The highest BCUT2D eigenvalue weighted by Crippen LogP contribution is 2.30. The van der Waals surface area contributed by atoms with Crippen LogP contribution in [0.2, 0.25) is 0 Å². The summed E-state index contributed by atoms with van der Waals surface area (Å²) in [4.78, 5) is 18.1. The van der Waals surface area contributed by atoms with E-state index in [0.717, 1.165) is 18.5 Å². The Morgan fingerprint density at radius 1 is 1.45 bits per heavy atom. The van der Waals surface area contributed by atoms with Gasteiger partial charge in [0.2, 0.25) is 0 Å². The van der Waals surface area contributed by atoms with E-state index in [1.807, 2.05) is 12.4 Å². The number of nitrogens with one attached hydrogen (secondary N) is 1. The van der Waals surface area contributed by atoms with Crippen LogP contribution >= 0.6 is 11.3 Å². The lowest BCUT2D eigenvalue weighted by molar-refractivity contribution is 0.205. The topological polar surface area (TPSA) is 45.2 Å². The minimum Gasteiger partial charge on any atom is -0.337 e. The van der Waals surface area contributed by atoms with Crippen molar-refractivity contribution in [1.82, 2.24) is 15.2 Å². The monoisotopic (exact) mass is 315 g/mol. The molecule has 116 valence electrons. The van der Waals surface area contributed by atoms with Gasteiger partial charge in [-0.2, -0.15) is 0 Å². The lowest BCUT2D eigenvalue weighted by atomic mass is 9.83. The molecule has 2 aromatic rings. The van der Waals surface area contributed by atoms with Crippen molar-refractivity contribution >= 4 is 17.4 Å². The molecule has 0 radical (unpaired) electrons. The summed E-state index contributed by atoms with van der Waals surface area (Å²) in [5.41, 5.74) is 5.56. The number of amides is 2. The van der Waals surface area contributed by atoms with Crippen molar-refractivity contribution in [2.45, 2.75) is 31.7 Å². The quantitative estimate of drug-likeness (QED) is 0.940. The minimum atomic E-state index is -0.0314. The second-order valence-corrected chi connectivity index (χ2v) is 6.53. The van der Waals surface area contributed by atoms with Crippen molar-refractivity contribution in [3.8, 4) is 0 Å². The van der Waals surface area contributed by atoms with Crippen LogP contribution in [0.3, 0.4) is 0 Å². The molecule has 1 aromatic carbocycles. The zero-order valence-electron chi connectivity index (χ0n) is 12.8. The third kappa shape index (κ3) is 3.47. The Kier molecular flexibility index (Phi) is 4.73. The zero-order chi connectivity index (χ0) is 15.4. The summed E-state index contributed by atoms with van der Waals surface area (Å²) in [7, 11) is 1.81. The molecule has 0 unspecified atom stereocenters. The van der Waals surface area contributed by atoms with Crippen LogP contribution in [0.15, 0.2) is 35.2 Å². The van der Waals surface area contributed by atoms with Crippen molar-refractivity contribution in [2.75, 3.05) is 13.6 Å². The molecule has 3 rings (SSSR count). The van der Waals surface area contributed by atoms with Crippen molar-refractivity contribution in [1.29, 1.82) is 0 Å². The van der Waals surface area contributed by atoms with E-state index < -0.39 is 0 Å². The number of hydrogen-bond donors (Lipinski definition) is 1. The third-order valence-corrected chi connectivity index (χ3v) is 4.86. The number of aromatic nitrogens is 1. The second-order valence-electron chi connectivity index (χ2n) is 5.81. The first kappa shape index (κ1) is 15.0. The fourth-order valence-electron chi connectivity index (χ4n) is 3.04. The van der Waals surface area contributed by atoms with Gasteiger partial charge in [0.1, 0.15) is 0 Å². The van der Waals surface area contributed by atoms with Crippen LogP contribution in [0.4, 0.5) is 4.79 Å². The van der Waals surface area contributed by atoms with Gasteiger partial charge in [-0.15, -0.1) is 11.3 Å². The molecule has 4 nitrogen and oxygen atoms in total. The highest BCUT2D eigenvalue weighted by atomic mass is 32.1. The van der Waals surface area contributed by atoms with E-state index in [-0.39, 0.29) is 6.03 Å². The molecule has 22 heavy (non-hydrogen) atoms. The average molecular weight is 315 g/mol. The molecule has 0 fully saturated rings. The number of thiazole rings is 1. The molecule has 1 heterocycles. The molecule has 2 amide bonds. The molecule has 0 aliphatic heterocycles. The maximum Gasteiger partial charge on any atom is 0.317 e. The van der Waals surface area contributed by atoms with Crippen molar-refractivity contribution < 1.29 is 4.79 Å². The SMILES string of the molecule is CN(Cc1cscn1)C(=O)NC[C@H]1CCCc2ccccc21. The highest BCUT2D eigenvalue weighted by molar-refractivity contribution is 7.07. The summed E-state index contributed by atoms with van der Waals surface area (Å²) in [5.74, 6) is 0.432. The van der Waals surface area contributed by atoms with Gasteiger partial charge in [-0.25, -0.2) is 9.78 Å². The smallest absolute Gasteiger partial charge is 0.317 e. The summed E-state index contributed by atoms with van der Waals surface area (Å²) >= 11 is 1.55. The number of carbonyl (C=O) groups is 1. The van der Waals surface area contributed by atoms with E-state index in [2.05, 4.69) is 34.6 Å². The predicted molar refractivity (Wildman–Crippen MR) is 89.1 cm³/mol. The van der Waals surface area contributed by atoms with Gasteiger partial charge >= 0.3 is 6.03 Å². The van der Waals surface area contributed by atoms with E-state index in [9.17, 15) is 4.79 Å². The molecular formula is C17H21N3OS. The van der Waals surface area contributed by atoms with Crippen LogP contribution in [0.25, 0.3) is 0 Å². The Labute approximate surface area is 135 Å². The Hall–Kier alpha value is -1.88. The summed E-state index contributed by atoms with van der Waals surface area (Å²) in [5, 5.41) is 5.04. The molecule has 1 N–H and O–H groups in total. The lowest BCUT2D eigenvalue weighted by Crippen LogP contribution is -2.39. The average Bonchev–Trinajstić information content (AvgIpc) is 3.05. The van der Waals surface area contributed by atoms with Gasteiger partial charge in [-0.1, -0.05) is 24.3 Å². The Morgan fingerprint density at radius 2 is 2.32 bits per heavy atom. The second kappa shape index (κ2) is 6.92. The maximum absolute atomic E-state index is 12.2. The van der Waals surface area contributed by atoms with Crippen LogP contribution in [0, 0.1) is 0 Å². The van der Waals surface area contributed by atoms with Gasteiger partial charge in [0.05, 0.1) is 17.7 Å². The minimum absolute atomic E-state index is 0.0314. The molecule has 1 aromatic heterocycles. The Bertz CT molecular complexity index is 627. The Morgan fingerprint density at radius 3 is 3.14 bits per heavy atom. The van der Waals surface area contributed by atoms with E-state index in [1.54, 1.807) is 21.7 Å². The predicted octanol–water partition coefficient (Wildman–Crippen LogP) is 3.40. The molecule has 1 atom stereocenters. The molecule has 5 heteroatoms. The molecule has 1 aliphatic rings. The van der Waals surface area contributed by atoms with Gasteiger partial charge in [-0.05, 0) is 30.4 Å². The van der Waals surface area contributed by atoms with E-state index in [1.165, 1.54) is 17.5 Å².